The predicted molar refractivity (Wildman–Crippen MR) is 92.5 cm³/mol. The van der Waals surface area contributed by atoms with E-state index in [0.29, 0.717) is 24.1 Å². The van der Waals surface area contributed by atoms with Crippen LogP contribution in [-0.4, -0.2) is 34.9 Å². The number of piperidine rings is 1. The van der Waals surface area contributed by atoms with E-state index >= 15 is 0 Å². The number of fused-ring (bicyclic) bond motifs is 1. The van der Waals surface area contributed by atoms with Crippen molar-refractivity contribution in [3.8, 4) is 10.4 Å². The van der Waals surface area contributed by atoms with Gasteiger partial charge in [-0.05, 0) is 37.7 Å². The zero-order chi connectivity index (χ0) is 16.1. The molecule has 0 radical (unpaired) electrons. The SMILES string of the molecule is Cc1cccc(-c2sc(C)nc2C(=O)N2C[C@H]3C[C@H]3[C@H]2CN)c1. The van der Waals surface area contributed by atoms with Gasteiger partial charge in [0.15, 0.2) is 0 Å². The zero-order valence-corrected chi connectivity index (χ0v) is 14.3. The Kier molecular flexibility index (Phi) is 3.50. The molecule has 4 nitrogen and oxygen atoms in total. The number of thiazole rings is 1. The first-order chi connectivity index (χ1) is 11.1. The highest BCUT2D eigenvalue weighted by Crippen LogP contribution is 2.49. The summed E-state index contributed by atoms with van der Waals surface area (Å²) in [6, 6.07) is 8.46. The van der Waals surface area contributed by atoms with E-state index in [-0.39, 0.29) is 11.9 Å². The van der Waals surface area contributed by atoms with Gasteiger partial charge < -0.3 is 10.6 Å². The van der Waals surface area contributed by atoms with Crippen molar-refractivity contribution in [3.05, 3.63) is 40.5 Å². The molecule has 3 atom stereocenters. The second-order valence-electron chi connectivity index (χ2n) is 6.70. The lowest BCUT2D eigenvalue weighted by atomic mass is 10.1. The van der Waals surface area contributed by atoms with E-state index in [1.807, 2.05) is 17.9 Å². The van der Waals surface area contributed by atoms with Crippen LogP contribution >= 0.6 is 11.3 Å². The highest BCUT2D eigenvalue weighted by Gasteiger charge is 2.53. The van der Waals surface area contributed by atoms with Crippen LogP contribution in [0.4, 0.5) is 0 Å². The van der Waals surface area contributed by atoms with Gasteiger partial charge in [-0.3, -0.25) is 4.79 Å². The number of aryl methyl sites for hydroxylation is 2. The van der Waals surface area contributed by atoms with Crippen LogP contribution in [-0.2, 0) is 0 Å². The van der Waals surface area contributed by atoms with E-state index in [9.17, 15) is 4.79 Å². The van der Waals surface area contributed by atoms with Crippen LogP contribution in [0.2, 0.25) is 0 Å². The number of amides is 1. The third-order valence-corrected chi connectivity index (χ3v) is 6.04. The molecule has 2 N–H and O–H groups in total. The quantitative estimate of drug-likeness (QED) is 0.943. The molecular weight excluding hydrogens is 306 g/mol. The van der Waals surface area contributed by atoms with E-state index in [4.69, 9.17) is 5.73 Å². The topological polar surface area (TPSA) is 59.2 Å². The summed E-state index contributed by atoms with van der Waals surface area (Å²) in [6.45, 7) is 5.42. The molecule has 1 aromatic heterocycles. The maximum absolute atomic E-state index is 13.1. The van der Waals surface area contributed by atoms with Gasteiger partial charge in [-0.15, -0.1) is 11.3 Å². The molecule has 1 aliphatic carbocycles. The van der Waals surface area contributed by atoms with Gasteiger partial charge in [-0.2, -0.15) is 0 Å². The molecule has 2 aromatic rings. The van der Waals surface area contributed by atoms with Crippen LogP contribution in [0.25, 0.3) is 10.4 Å². The number of hydrogen-bond donors (Lipinski definition) is 1. The second kappa shape index (κ2) is 5.42. The van der Waals surface area contributed by atoms with E-state index in [1.54, 1.807) is 11.3 Å². The average Bonchev–Trinajstić information content (AvgIpc) is 3.03. The summed E-state index contributed by atoms with van der Waals surface area (Å²) >= 11 is 1.59. The summed E-state index contributed by atoms with van der Waals surface area (Å²) in [5, 5.41) is 0.929. The van der Waals surface area contributed by atoms with Crippen LogP contribution in [0, 0.1) is 25.7 Å². The van der Waals surface area contributed by atoms with Crippen LogP contribution in [0.5, 0.6) is 0 Å². The number of rotatable bonds is 3. The Morgan fingerprint density at radius 3 is 3.00 bits per heavy atom. The molecule has 23 heavy (non-hydrogen) atoms. The molecule has 2 fully saturated rings. The molecule has 4 rings (SSSR count). The number of aromatic nitrogens is 1. The van der Waals surface area contributed by atoms with E-state index < -0.39 is 0 Å². The van der Waals surface area contributed by atoms with Crippen molar-refractivity contribution < 1.29 is 4.79 Å². The van der Waals surface area contributed by atoms with Crippen molar-refractivity contribution >= 4 is 17.2 Å². The van der Waals surface area contributed by atoms with E-state index in [1.165, 1.54) is 12.0 Å². The van der Waals surface area contributed by atoms with Crippen molar-refractivity contribution in [2.45, 2.75) is 26.3 Å². The highest BCUT2D eigenvalue weighted by molar-refractivity contribution is 7.15. The Labute approximate surface area is 140 Å². The second-order valence-corrected chi connectivity index (χ2v) is 7.90. The Hall–Kier alpha value is -1.72. The van der Waals surface area contributed by atoms with Gasteiger partial charge in [0, 0.05) is 19.1 Å². The summed E-state index contributed by atoms with van der Waals surface area (Å²) in [5.41, 5.74) is 8.78. The number of likely N-dealkylation sites (tertiary alicyclic amines) is 1. The number of nitrogens with zero attached hydrogens (tertiary/aromatic N) is 2. The first kappa shape index (κ1) is 14.8. The largest absolute Gasteiger partial charge is 0.332 e. The molecule has 1 saturated carbocycles. The summed E-state index contributed by atoms with van der Waals surface area (Å²) in [6.07, 6.45) is 1.23. The van der Waals surface area contributed by atoms with Crippen LogP contribution in [0.15, 0.2) is 24.3 Å². The van der Waals surface area contributed by atoms with Crippen molar-refractivity contribution in [1.29, 1.82) is 0 Å². The molecule has 2 aliphatic rings. The standard InChI is InChI=1S/C18H21N3OS/c1-10-4-3-5-12(6-10)17-16(20-11(2)23-17)18(22)21-9-13-7-14(13)15(21)8-19/h3-6,13-15H,7-9,19H2,1-2H3/t13-,14-,15-/m1/s1. The van der Waals surface area contributed by atoms with E-state index in [2.05, 4.69) is 30.1 Å². The lowest BCUT2D eigenvalue weighted by Crippen LogP contribution is -2.43. The Morgan fingerprint density at radius 2 is 2.26 bits per heavy atom. The molecule has 1 aliphatic heterocycles. The van der Waals surface area contributed by atoms with Gasteiger partial charge in [0.1, 0.15) is 5.69 Å². The fourth-order valence-electron chi connectivity index (χ4n) is 3.80. The van der Waals surface area contributed by atoms with Crippen LogP contribution in [0.3, 0.4) is 0 Å². The number of benzene rings is 1. The number of carbonyl (C=O) groups is 1. The Bertz CT molecular complexity index is 769. The Balaban J connectivity index is 1.70. The van der Waals surface area contributed by atoms with Gasteiger partial charge in [0.2, 0.25) is 0 Å². The summed E-state index contributed by atoms with van der Waals surface area (Å²) < 4.78 is 0. The van der Waals surface area contributed by atoms with Crippen molar-refractivity contribution in [2.24, 2.45) is 17.6 Å². The third kappa shape index (κ3) is 2.48. The molecule has 2 heterocycles. The first-order valence-corrected chi connectivity index (χ1v) is 8.95. The van der Waals surface area contributed by atoms with Gasteiger partial charge >= 0.3 is 0 Å². The Morgan fingerprint density at radius 1 is 1.43 bits per heavy atom. The predicted octanol–water partition coefficient (Wildman–Crippen LogP) is 2.85. The highest BCUT2D eigenvalue weighted by atomic mass is 32.1. The normalized spacial score (nSPS) is 25.5. The minimum absolute atomic E-state index is 0.0495. The number of hydrogen-bond acceptors (Lipinski definition) is 4. The third-order valence-electron chi connectivity index (χ3n) is 5.02. The molecule has 120 valence electrons. The molecule has 0 bridgehead atoms. The molecule has 1 amide bonds. The maximum atomic E-state index is 13.1. The lowest BCUT2D eigenvalue weighted by molar-refractivity contribution is 0.0708. The molecule has 1 saturated heterocycles. The lowest BCUT2D eigenvalue weighted by Gasteiger charge is -2.26. The number of carbonyl (C=O) groups excluding carboxylic acids is 1. The summed E-state index contributed by atoms with van der Waals surface area (Å²) in [5.74, 6) is 1.33. The number of nitrogens with two attached hydrogens (primary N) is 1. The average molecular weight is 327 g/mol. The first-order valence-electron chi connectivity index (χ1n) is 8.14. The van der Waals surface area contributed by atoms with Crippen molar-refractivity contribution in [3.63, 3.8) is 0 Å². The van der Waals surface area contributed by atoms with Crippen molar-refractivity contribution in [2.75, 3.05) is 13.1 Å². The minimum Gasteiger partial charge on any atom is -0.332 e. The molecule has 5 heteroatoms. The van der Waals surface area contributed by atoms with E-state index in [0.717, 1.165) is 22.0 Å². The van der Waals surface area contributed by atoms with Crippen LogP contribution in [0.1, 0.15) is 27.5 Å². The van der Waals surface area contributed by atoms with Gasteiger partial charge in [0.05, 0.1) is 9.88 Å². The molecule has 0 spiro atoms. The minimum atomic E-state index is 0.0495. The molecule has 1 aromatic carbocycles. The monoisotopic (exact) mass is 327 g/mol. The van der Waals surface area contributed by atoms with Gasteiger partial charge in [-0.1, -0.05) is 29.8 Å². The fraction of sp³-hybridized carbons (Fsp3) is 0.444. The van der Waals surface area contributed by atoms with Crippen molar-refractivity contribution in [1.82, 2.24) is 9.88 Å². The fourth-order valence-corrected chi connectivity index (χ4v) is 4.70. The maximum Gasteiger partial charge on any atom is 0.274 e. The smallest absolute Gasteiger partial charge is 0.274 e. The van der Waals surface area contributed by atoms with Crippen LogP contribution < -0.4 is 5.73 Å². The van der Waals surface area contributed by atoms with Gasteiger partial charge in [0.25, 0.3) is 5.91 Å². The summed E-state index contributed by atoms with van der Waals surface area (Å²) in [4.78, 5) is 20.6. The molecular formula is C18H21N3OS. The molecule has 0 unspecified atom stereocenters. The zero-order valence-electron chi connectivity index (χ0n) is 13.5. The summed E-state index contributed by atoms with van der Waals surface area (Å²) in [7, 11) is 0. The van der Waals surface area contributed by atoms with Gasteiger partial charge in [-0.25, -0.2) is 4.98 Å².